The Morgan fingerprint density at radius 2 is 2.47 bits per heavy atom. The van der Waals surface area contributed by atoms with Crippen molar-refractivity contribution in [3.63, 3.8) is 0 Å². The molecule has 2 heterocycles. The third-order valence-corrected chi connectivity index (χ3v) is 3.56. The molecule has 0 saturated carbocycles. The summed E-state index contributed by atoms with van der Waals surface area (Å²) in [5.74, 6) is 0.798. The Balaban J connectivity index is 2.07. The van der Waals surface area contributed by atoms with Crippen LogP contribution in [-0.2, 0) is 6.42 Å². The third-order valence-electron chi connectivity index (χ3n) is 1.90. The maximum atomic E-state index is 11.8. The average Bonchev–Trinajstić information content (AvgIpc) is 2.86. The fraction of sp³-hybridized carbons (Fsp3) is 0.500. The average molecular weight is 242 g/mol. The number of aliphatic imine (C=N–C) groups is 1. The minimum Gasteiger partial charge on any atom is -0.300 e. The van der Waals surface area contributed by atoms with E-state index in [-0.39, 0.29) is 5.91 Å². The molecule has 5 nitrogen and oxygen atoms in total. The number of rotatable bonds is 2. The predicted octanol–water partition coefficient (Wildman–Crippen LogP) is 0.933. The quantitative estimate of drug-likeness (QED) is 0.838. The van der Waals surface area contributed by atoms with Crippen molar-refractivity contribution in [3.05, 3.63) is 10.6 Å². The summed E-state index contributed by atoms with van der Waals surface area (Å²) < 4.78 is 3.77. The van der Waals surface area contributed by atoms with Gasteiger partial charge in [-0.25, -0.2) is 0 Å². The van der Waals surface area contributed by atoms with Crippen LogP contribution in [0.1, 0.15) is 22.3 Å². The molecular weight excluding hydrogens is 232 g/mol. The summed E-state index contributed by atoms with van der Waals surface area (Å²) in [6, 6.07) is 0. The molecular formula is C8H10N4OS2. The molecule has 0 unspecified atom stereocenters. The fourth-order valence-corrected chi connectivity index (χ4v) is 2.55. The van der Waals surface area contributed by atoms with Crippen molar-refractivity contribution >= 4 is 34.4 Å². The summed E-state index contributed by atoms with van der Waals surface area (Å²) >= 11 is 2.69. The minimum atomic E-state index is -0.144. The molecule has 0 aliphatic carbocycles. The van der Waals surface area contributed by atoms with Crippen molar-refractivity contribution in [2.75, 3.05) is 12.3 Å². The Morgan fingerprint density at radius 3 is 3.13 bits per heavy atom. The normalized spacial score (nSPS) is 15.1. The van der Waals surface area contributed by atoms with E-state index in [1.54, 1.807) is 11.8 Å². The maximum absolute atomic E-state index is 11.8. The van der Waals surface area contributed by atoms with E-state index in [1.807, 2.05) is 6.92 Å². The van der Waals surface area contributed by atoms with Crippen LogP contribution in [0.15, 0.2) is 4.99 Å². The Labute approximate surface area is 95.5 Å². The first-order chi connectivity index (χ1) is 7.31. The van der Waals surface area contributed by atoms with Crippen molar-refractivity contribution in [1.82, 2.24) is 14.9 Å². The van der Waals surface area contributed by atoms with Crippen molar-refractivity contribution < 1.29 is 4.79 Å². The number of nitrogens with one attached hydrogen (secondary N) is 1. The van der Waals surface area contributed by atoms with Gasteiger partial charge in [-0.05, 0) is 18.0 Å². The molecule has 80 valence electrons. The lowest BCUT2D eigenvalue weighted by Gasteiger charge is -2.01. The molecule has 0 spiro atoms. The number of amides is 1. The fourth-order valence-electron chi connectivity index (χ4n) is 1.18. The Morgan fingerprint density at radius 1 is 1.60 bits per heavy atom. The van der Waals surface area contributed by atoms with Gasteiger partial charge in [-0.3, -0.25) is 9.79 Å². The Bertz CT molecular complexity index is 401. The standard InChI is InChI=1S/C8H10N4OS2/c1-2-5-6(15-12-11-5)7(13)10-8-9-3-4-14-8/h2-4H2,1H3,(H,9,10,13). The van der Waals surface area contributed by atoms with Crippen LogP contribution in [0, 0.1) is 0 Å². The van der Waals surface area contributed by atoms with E-state index in [2.05, 4.69) is 19.9 Å². The van der Waals surface area contributed by atoms with Gasteiger partial charge in [0.15, 0.2) is 5.17 Å². The second-order valence-corrected chi connectivity index (χ2v) is 4.73. The number of carbonyl (C=O) groups excluding carboxylic acids is 1. The molecule has 0 aromatic carbocycles. The summed E-state index contributed by atoms with van der Waals surface area (Å²) in [4.78, 5) is 16.5. The molecule has 7 heteroatoms. The zero-order valence-electron chi connectivity index (χ0n) is 8.19. The molecule has 15 heavy (non-hydrogen) atoms. The maximum Gasteiger partial charge on any atom is 0.270 e. The first-order valence-corrected chi connectivity index (χ1v) is 6.37. The summed E-state index contributed by atoms with van der Waals surface area (Å²) in [7, 11) is 0. The van der Waals surface area contributed by atoms with Crippen molar-refractivity contribution in [1.29, 1.82) is 0 Å². The van der Waals surface area contributed by atoms with Crippen LogP contribution >= 0.6 is 23.3 Å². The lowest BCUT2D eigenvalue weighted by atomic mass is 10.3. The topological polar surface area (TPSA) is 67.2 Å². The highest BCUT2D eigenvalue weighted by molar-refractivity contribution is 8.14. The molecule has 1 aromatic rings. The molecule has 0 radical (unpaired) electrons. The van der Waals surface area contributed by atoms with Crippen LogP contribution in [0.3, 0.4) is 0 Å². The monoisotopic (exact) mass is 242 g/mol. The number of aromatic nitrogens is 2. The molecule has 1 amide bonds. The number of carbonyl (C=O) groups is 1. The molecule has 1 aliphatic heterocycles. The summed E-state index contributed by atoms with van der Waals surface area (Å²) in [5.41, 5.74) is 0.751. The van der Waals surface area contributed by atoms with Gasteiger partial charge in [0.25, 0.3) is 5.91 Å². The number of hydrogen-bond acceptors (Lipinski definition) is 6. The van der Waals surface area contributed by atoms with Crippen LogP contribution < -0.4 is 5.32 Å². The highest BCUT2D eigenvalue weighted by Crippen LogP contribution is 2.13. The zero-order chi connectivity index (χ0) is 10.7. The largest absolute Gasteiger partial charge is 0.300 e. The second kappa shape index (κ2) is 4.71. The summed E-state index contributed by atoms with van der Waals surface area (Å²) in [5, 5.41) is 7.36. The smallest absolute Gasteiger partial charge is 0.270 e. The molecule has 0 saturated heterocycles. The first kappa shape index (κ1) is 10.6. The van der Waals surface area contributed by atoms with E-state index in [0.717, 1.165) is 35.9 Å². The highest BCUT2D eigenvalue weighted by Gasteiger charge is 2.17. The van der Waals surface area contributed by atoms with Gasteiger partial charge in [-0.1, -0.05) is 23.2 Å². The zero-order valence-corrected chi connectivity index (χ0v) is 9.82. The highest BCUT2D eigenvalue weighted by atomic mass is 32.2. The predicted molar refractivity (Wildman–Crippen MR) is 61.5 cm³/mol. The summed E-state index contributed by atoms with van der Waals surface area (Å²) in [6.45, 7) is 2.73. The lowest BCUT2D eigenvalue weighted by Crippen LogP contribution is -2.27. The molecule has 1 aromatic heterocycles. The molecule has 0 bridgehead atoms. The Hall–Kier alpha value is -0.950. The van der Waals surface area contributed by atoms with E-state index in [0.29, 0.717) is 10.0 Å². The number of hydrogen-bond donors (Lipinski definition) is 1. The molecule has 0 atom stereocenters. The van der Waals surface area contributed by atoms with Gasteiger partial charge in [0, 0.05) is 5.75 Å². The minimum absolute atomic E-state index is 0.144. The number of thioether (sulfide) groups is 1. The molecule has 1 N–H and O–H groups in total. The first-order valence-electron chi connectivity index (χ1n) is 4.61. The molecule has 1 aliphatic rings. The van der Waals surface area contributed by atoms with Gasteiger partial charge >= 0.3 is 0 Å². The SMILES string of the molecule is CCc1nnsc1C(=O)NC1=NCCS1. The summed E-state index contributed by atoms with van der Waals surface area (Å²) in [6.07, 6.45) is 0.721. The number of nitrogens with zero attached hydrogens (tertiary/aromatic N) is 3. The van der Waals surface area contributed by atoms with E-state index in [4.69, 9.17) is 0 Å². The van der Waals surface area contributed by atoms with Gasteiger partial charge in [0.2, 0.25) is 0 Å². The number of aryl methyl sites for hydroxylation is 1. The van der Waals surface area contributed by atoms with E-state index >= 15 is 0 Å². The van der Waals surface area contributed by atoms with E-state index in [9.17, 15) is 4.79 Å². The van der Waals surface area contributed by atoms with Crippen LogP contribution in [0.2, 0.25) is 0 Å². The van der Waals surface area contributed by atoms with E-state index < -0.39 is 0 Å². The van der Waals surface area contributed by atoms with Crippen LogP contribution in [-0.4, -0.2) is 33.0 Å². The van der Waals surface area contributed by atoms with Gasteiger partial charge in [-0.2, -0.15) is 0 Å². The van der Waals surface area contributed by atoms with Crippen LogP contribution in [0.4, 0.5) is 0 Å². The van der Waals surface area contributed by atoms with Gasteiger partial charge in [0.05, 0.1) is 12.2 Å². The van der Waals surface area contributed by atoms with Crippen molar-refractivity contribution in [2.24, 2.45) is 4.99 Å². The lowest BCUT2D eigenvalue weighted by molar-refractivity contribution is 0.0981. The van der Waals surface area contributed by atoms with Crippen molar-refractivity contribution in [2.45, 2.75) is 13.3 Å². The second-order valence-electron chi connectivity index (χ2n) is 2.89. The third kappa shape index (κ3) is 2.35. The van der Waals surface area contributed by atoms with Crippen molar-refractivity contribution in [3.8, 4) is 0 Å². The molecule has 0 fully saturated rings. The van der Waals surface area contributed by atoms with Crippen LogP contribution in [0.25, 0.3) is 0 Å². The van der Waals surface area contributed by atoms with Gasteiger partial charge in [0.1, 0.15) is 4.88 Å². The van der Waals surface area contributed by atoms with Gasteiger partial charge < -0.3 is 5.32 Å². The van der Waals surface area contributed by atoms with Crippen LogP contribution in [0.5, 0.6) is 0 Å². The van der Waals surface area contributed by atoms with E-state index in [1.165, 1.54) is 0 Å². The molecule has 2 rings (SSSR count). The Kier molecular flexibility index (Phi) is 3.32. The number of amidine groups is 1. The van der Waals surface area contributed by atoms with Gasteiger partial charge in [-0.15, -0.1) is 5.10 Å².